The van der Waals surface area contributed by atoms with Gasteiger partial charge in [-0.15, -0.1) is 0 Å². The molecular weight excluding hydrogens is 242 g/mol. The van der Waals surface area contributed by atoms with E-state index in [2.05, 4.69) is 18.7 Å². The first-order chi connectivity index (χ1) is 9.84. The third-order valence-electron chi connectivity index (χ3n) is 4.99. The van der Waals surface area contributed by atoms with E-state index >= 15 is 0 Å². The normalized spacial score (nSPS) is 17.7. The molecule has 1 nitrogen and oxygen atoms in total. The minimum Gasteiger partial charge on any atom is -0.301 e. The van der Waals surface area contributed by atoms with Crippen molar-refractivity contribution >= 4 is 0 Å². The van der Waals surface area contributed by atoms with Crippen LogP contribution in [-0.2, 0) is 0 Å². The Kier molecular flexibility index (Phi) is 11.4. The smallest absolute Gasteiger partial charge is 0.00669 e. The lowest BCUT2D eigenvalue weighted by Crippen LogP contribution is -2.29. The van der Waals surface area contributed by atoms with E-state index in [-0.39, 0.29) is 0 Å². The summed E-state index contributed by atoms with van der Waals surface area (Å²) in [6.07, 6.45) is 20.3. The van der Waals surface area contributed by atoms with Crippen molar-refractivity contribution in [2.45, 2.75) is 110 Å². The Morgan fingerprint density at radius 3 is 1.65 bits per heavy atom. The van der Waals surface area contributed by atoms with Crippen molar-refractivity contribution < 1.29 is 0 Å². The van der Waals surface area contributed by atoms with Gasteiger partial charge in [0, 0.05) is 6.04 Å². The second-order valence-corrected chi connectivity index (χ2v) is 6.92. The molecule has 0 N–H and O–H groups in total. The molecule has 1 saturated heterocycles. The first kappa shape index (κ1) is 18.0. The Morgan fingerprint density at radius 1 is 0.700 bits per heavy atom. The molecule has 0 aromatic rings. The Bertz CT molecular complexity index is 196. The summed E-state index contributed by atoms with van der Waals surface area (Å²) < 4.78 is 0. The van der Waals surface area contributed by atoms with Crippen LogP contribution in [0.1, 0.15) is 104 Å². The fourth-order valence-electron chi connectivity index (χ4n) is 3.47. The number of likely N-dealkylation sites (tertiary alicyclic amines) is 1. The van der Waals surface area contributed by atoms with E-state index in [9.17, 15) is 0 Å². The van der Waals surface area contributed by atoms with Gasteiger partial charge in [0.1, 0.15) is 0 Å². The molecule has 1 aliphatic rings. The molecule has 0 aromatic heterocycles. The van der Waals surface area contributed by atoms with Crippen molar-refractivity contribution in [2.24, 2.45) is 0 Å². The molecule has 1 rings (SSSR count). The minimum atomic E-state index is 0.844. The van der Waals surface area contributed by atoms with Crippen LogP contribution in [0.15, 0.2) is 0 Å². The topological polar surface area (TPSA) is 3.24 Å². The highest BCUT2D eigenvalue weighted by Crippen LogP contribution is 2.17. The zero-order valence-electron chi connectivity index (χ0n) is 14.3. The second-order valence-electron chi connectivity index (χ2n) is 6.92. The summed E-state index contributed by atoms with van der Waals surface area (Å²) in [6, 6.07) is 0.844. The number of nitrogens with zero attached hydrogens (tertiary/aromatic N) is 1. The van der Waals surface area contributed by atoms with E-state index in [4.69, 9.17) is 0 Å². The second kappa shape index (κ2) is 12.7. The third-order valence-corrected chi connectivity index (χ3v) is 4.99. The van der Waals surface area contributed by atoms with Crippen molar-refractivity contribution in [3.63, 3.8) is 0 Å². The zero-order chi connectivity index (χ0) is 14.5. The van der Waals surface area contributed by atoms with Gasteiger partial charge in [0.05, 0.1) is 0 Å². The molecule has 0 aromatic carbocycles. The fraction of sp³-hybridized carbons (Fsp3) is 1.00. The molecule has 0 spiro atoms. The zero-order valence-corrected chi connectivity index (χ0v) is 14.3. The maximum Gasteiger partial charge on any atom is 0.00669 e. The molecule has 0 aliphatic carbocycles. The Balaban J connectivity index is 1.76. The molecule has 20 heavy (non-hydrogen) atoms. The van der Waals surface area contributed by atoms with Gasteiger partial charge in [-0.25, -0.2) is 0 Å². The van der Waals surface area contributed by atoms with Crippen molar-refractivity contribution in [3.8, 4) is 0 Å². The molecule has 1 heterocycles. The van der Waals surface area contributed by atoms with E-state index in [1.54, 1.807) is 0 Å². The molecule has 1 atom stereocenters. The lowest BCUT2D eigenvalue weighted by Gasteiger charge is -2.23. The van der Waals surface area contributed by atoms with Crippen LogP contribution in [0.5, 0.6) is 0 Å². The summed E-state index contributed by atoms with van der Waals surface area (Å²) in [5.41, 5.74) is 0. The molecule has 0 saturated carbocycles. The van der Waals surface area contributed by atoms with E-state index < -0.39 is 0 Å². The molecule has 120 valence electrons. The van der Waals surface area contributed by atoms with E-state index in [1.807, 2.05) is 0 Å². The van der Waals surface area contributed by atoms with Gasteiger partial charge in [0.2, 0.25) is 0 Å². The van der Waals surface area contributed by atoms with Gasteiger partial charge in [-0.3, -0.25) is 0 Å². The summed E-state index contributed by atoms with van der Waals surface area (Å²) in [4.78, 5) is 2.69. The van der Waals surface area contributed by atoms with E-state index in [0.29, 0.717) is 0 Å². The van der Waals surface area contributed by atoms with Crippen molar-refractivity contribution in [1.29, 1.82) is 0 Å². The van der Waals surface area contributed by atoms with E-state index in [0.717, 1.165) is 6.04 Å². The van der Waals surface area contributed by atoms with Crippen molar-refractivity contribution in [2.75, 3.05) is 13.1 Å². The molecule has 1 unspecified atom stereocenters. The van der Waals surface area contributed by atoms with Gasteiger partial charge in [0.25, 0.3) is 0 Å². The SMILES string of the molecule is CCCCCCCCCCCCCC(C)N1CCCC1. The first-order valence-electron chi connectivity index (χ1n) is 9.58. The molecule has 0 bridgehead atoms. The fourth-order valence-corrected chi connectivity index (χ4v) is 3.47. The summed E-state index contributed by atoms with van der Waals surface area (Å²) in [5.74, 6) is 0. The standard InChI is InChI=1S/C19H39N/c1-3-4-5-6-7-8-9-10-11-12-13-16-19(2)20-17-14-15-18-20/h19H,3-18H2,1-2H3. The van der Waals surface area contributed by atoms with Crippen LogP contribution >= 0.6 is 0 Å². The number of rotatable bonds is 13. The predicted molar refractivity (Wildman–Crippen MR) is 91.3 cm³/mol. The summed E-state index contributed by atoms with van der Waals surface area (Å²) in [6.45, 7) is 7.45. The highest BCUT2D eigenvalue weighted by atomic mass is 15.2. The predicted octanol–water partition coefficient (Wildman–Crippen LogP) is 6.17. The molecular formula is C19H39N. The van der Waals surface area contributed by atoms with Gasteiger partial charge in [-0.05, 0) is 39.3 Å². The van der Waals surface area contributed by atoms with Gasteiger partial charge < -0.3 is 4.90 Å². The van der Waals surface area contributed by atoms with Crippen LogP contribution in [0.4, 0.5) is 0 Å². The molecule has 1 heteroatoms. The van der Waals surface area contributed by atoms with Gasteiger partial charge >= 0.3 is 0 Å². The van der Waals surface area contributed by atoms with Crippen molar-refractivity contribution in [3.05, 3.63) is 0 Å². The molecule has 1 fully saturated rings. The summed E-state index contributed by atoms with van der Waals surface area (Å²) in [5, 5.41) is 0. The highest BCUT2D eigenvalue weighted by molar-refractivity contribution is 4.72. The Hall–Kier alpha value is -0.0400. The largest absolute Gasteiger partial charge is 0.301 e. The maximum atomic E-state index is 2.69. The minimum absolute atomic E-state index is 0.844. The highest BCUT2D eigenvalue weighted by Gasteiger charge is 2.16. The monoisotopic (exact) mass is 281 g/mol. The average Bonchev–Trinajstić information content (AvgIpc) is 2.99. The van der Waals surface area contributed by atoms with Gasteiger partial charge in [-0.1, -0.05) is 77.6 Å². The van der Waals surface area contributed by atoms with Crippen LogP contribution in [0.3, 0.4) is 0 Å². The Labute approximate surface area is 128 Å². The summed E-state index contributed by atoms with van der Waals surface area (Å²) in [7, 11) is 0. The van der Waals surface area contributed by atoms with Crippen LogP contribution in [0, 0.1) is 0 Å². The first-order valence-corrected chi connectivity index (χ1v) is 9.58. The van der Waals surface area contributed by atoms with E-state index in [1.165, 1.54) is 103 Å². The maximum absolute atomic E-state index is 2.69. The van der Waals surface area contributed by atoms with Gasteiger partial charge in [0.15, 0.2) is 0 Å². The van der Waals surface area contributed by atoms with Crippen LogP contribution in [-0.4, -0.2) is 24.0 Å². The quantitative estimate of drug-likeness (QED) is 0.365. The Morgan fingerprint density at radius 2 is 1.15 bits per heavy atom. The van der Waals surface area contributed by atoms with Crippen LogP contribution in [0.25, 0.3) is 0 Å². The van der Waals surface area contributed by atoms with Crippen molar-refractivity contribution in [1.82, 2.24) is 4.90 Å². The number of unbranched alkanes of at least 4 members (excludes halogenated alkanes) is 10. The average molecular weight is 282 g/mol. The molecule has 0 radical (unpaired) electrons. The lowest BCUT2D eigenvalue weighted by molar-refractivity contribution is 0.242. The molecule has 0 amide bonds. The van der Waals surface area contributed by atoms with Crippen LogP contribution in [0.2, 0.25) is 0 Å². The third kappa shape index (κ3) is 9.00. The number of hydrogen-bond acceptors (Lipinski definition) is 1. The van der Waals surface area contributed by atoms with Gasteiger partial charge in [-0.2, -0.15) is 0 Å². The van der Waals surface area contributed by atoms with Crippen LogP contribution < -0.4 is 0 Å². The number of hydrogen-bond donors (Lipinski definition) is 0. The lowest BCUT2D eigenvalue weighted by atomic mass is 10.0. The molecule has 1 aliphatic heterocycles. The summed E-state index contributed by atoms with van der Waals surface area (Å²) >= 11 is 0.